The van der Waals surface area contributed by atoms with Crippen LogP contribution >= 0.6 is 0 Å². The summed E-state index contributed by atoms with van der Waals surface area (Å²) in [7, 11) is -4.99. The fraction of sp³-hybridized carbons (Fsp3) is 0.692. The number of amides is 4. The number of hydrogen-bond donors (Lipinski definition) is 4. The maximum atomic E-state index is 12.4. The Balaban J connectivity index is 1.47. The first-order chi connectivity index (χ1) is 32.3. The maximum absolute atomic E-state index is 12.4. The van der Waals surface area contributed by atoms with Gasteiger partial charge in [0.05, 0.1) is 0 Å². The van der Waals surface area contributed by atoms with Gasteiger partial charge in [0.25, 0.3) is 0 Å². The summed E-state index contributed by atoms with van der Waals surface area (Å²) in [5.41, 5.74) is 3.58. The summed E-state index contributed by atoms with van der Waals surface area (Å²) < 4.78 is 35.8. The van der Waals surface area contributed by atoms with Crippen molar-refractivity contribution in [1.29, 1.82) is 0 Å². The minimum absolute atomic E-state index is 0.173. The summed E-state index contributed by atoms with van der Waals surface area (Å²) in [6.45, 7) is 17.3. The van der Waals surface area contributed by atoms with Crippen LogP contribution in [0.2, 0.25) is 12.1 Å². The normalized spacial score (nSPS) is 11.9. The Morgan fingerprint density at radius 3 is 0.879 bits per heavy atom. The lowest BCUT2D eigenvalue weighted by atomic mass is 10.1. The Kier molecular flexibility index (Phi) is 34.7. The van der Waals surface area contributed by atoms with E-state index in [1.807, 2.05) is 102 Å². The van der Waals surface area contributed by atoms with Crippen LogP contribution in [0, 0.1) is 0 Å². The zero-order chi connectivity index (χ0) is 47.8. The van der Waals surface area contributed by atoms with Gasteiger partial charge in [-0.05, 0) is 103 Å². The Hall–Kier alpha value is -3.09. The molecule has 0 atom stereocenters. The summed E-state index contributed by atoms with van der Waals surface area (Å²) in [6.07, 6.45) is 27.9. The molecule has 4 N–H and O–H groups in total. The predicted molar refractivity (Wildman–Crippen MR) is 279 cm³/mol. The molecular formula is C52H92N4O8Si2. The van der Waals surface area contributed by atoms with Crippen LogP contribution in [0.4, 0.5) is 21.0 Å². The van der Waals surface area contributed by atoms with Gasteiger partial charge in [-0.1, -0.05) is 139 Å². The third-order valence-corrected chi connectivity index (χ3v) is 17.7. The van der Waals surface area contributed by atoms with E-state index in [0.29, 0.717) is 52.7 Å². The second-order valence-electron chi connectivity index (χ2n) is 16.9. The van der Waals surface area contributed by atoms with Crippen molar-refractivity contribution in [2.75, 3.05) is 63.4 Å². The van der Waals surface area contributed by atoms with Crippen LogP contribution in [0.3, 0.4) is 0 Å². The molecule has 4 amide bonds. The first-order valence-corrected chi connectivity index (χ1v) is 29.9. The van der Waals surface area contributed by atoms with Crippen molar-refractivity contribution in [3.8, 4) is 0 Å². The zero-order valence-electron chi connectivity index (χ0n) is 42.3. The van der Waals surface area contributed by atoms with Crippen LogP contribution in [-0.2, 0) is 26.6 Å². The highest BCUT2D eigenvalue weighted by Gasteiger charge is 2.40. The van der Waals surface area contributed by atoms with Crippen molar-refractivity contribution in [2.45, 2.75) is 182 Å². The Bertz CT molecular complexity index is 1370. The molecule has 2 aromatic rings. The Labute approximate surface area is 403 Å². The Morgan fingerprint density at radius 2 is 0.621 bits per heavy atom. The number of carbonyl (C=O) groups excluding carboxylic acids is 2. The highest BCUT2D eigenvalue weighted by Crippen LogP contribution is 2.23. The van der Waals surface area contributed by atoms with Gasteiger partial charge in [-0.25, -0.2) is 9.59 Å². The molecule has 2 rings (SSSR count). The largest absolute Gasteiger partial charge is 0.500 e. The molecule has 0 aliphatic heterocycles. The van der Waals surface area contributed by atoms with Gasteiger partial charge in [0.15, 0.2) is 0 Å². The molecule has 2 aromatic carbocycles. The SMILES string of the molecule is CCO[Si](CCCCCCCCCCCCNC(=O)Nc1ccc(/C=C/c2ccc(NC(=O)NCCCCCCCCCCCC[Si](OCC)(OCC)OCC)cc2)cc1)(OCC)OCC. The lowest BCUT2D eigenvalue weighted by Crippen LogP contribution is -2.45. The minimum atomic E-state index is -2.50. The third kappa shape index (κ3) is 28.3. The second kappa shape index (κ2) is 38.8. The molecule has 12 nitrogen and oxygen atoms in total. The van der Waals surface area contributed by atoms with Crippen molar-refractivity contribution in [1.82, 2.24) is 10.6 Å². The smallest absolute Gasteiger partial charge is 0.374 e. The van der Waals surface area contributed by atoms with E-state index in [1.165, 1.54) is 89.9 Å². The van der Waals surface area contributed by atoms with E-state index >= 15 is 0 Å². The quantitative estimate of drug-likeness (QED) is 0.0293. The number of rotatable bonds is 42. The lowest BCUT2D eigenvalue weighted by Gasteiger charge is -2.28. The fourth-order valence-electron chi connectivity index (χ4n) is 8.07. The second-order valence-corrected chi connectivity index (χ2v) is 22.3. The van der Waals surface area contributed by atoms with Crippen molar-refractivity contribution in [3.05, 3.63) is 59.7 Å². The summed E-state index contributed by atoms with van der Waals surface area (Å²) in [4.78, 5) is 24.9. The molecule has 0 aliphatic rings. The van der Waals surface area contributed by atoms with Gasteiger partial charge in [0.2, 0.25) is 0 Å². The molecule has 0 fully saturated rings. The fourth-order valence-corrected chi connectivity index (χ4v) is 13.4. The van der Waals surface area contributed by atoms with Gasteiger partial charge in [-0.15, -0.1) is 0 Å². The van der Waals surface area contributed by atoms with E-state index in [4.69, 9.17) is 26.6 Å². The number of anilines is 2. The number of carbonyl (C=O) groups is 2. The van der Waals surface area contributed by atoms with Gasteiger partial charge in [0, 0.05) is 76.2 Å². The highest BCUT2D eigenvalue weighted by molar-refractivity contribution is 6.61. The van der Waals surface area contributed by atoms with Crippen LogP contribution < -0.4 is 21.3 Å². The van der Waals surface area contributed by atoms with Gasteiger partial charge in [-0.3, -0.25) is 0 Å². The lowest BCUT2D eigenvalue weighted by molar-refractivity contribution is 0.0698. The zero-order valence-corrected chi connectivity index (χ0v) is 44.3. The molecule has 14 heteroatoms. The molecular weight excluding hydrogens is 865 g/mol. The molecule has 376 valence electrons. The molecule has 0 unspecified atom stereocenters. The van der Waals surface area contributed by atoms with E-state index in [0.717, 1.165) is 73.1 Å². The van der Waals surface area contributed by atoms with Crippen molar-refractivity contribution < 1.29 is 36.1 Å². The van der Waals surface area contributed by atoms with Crippen molar-refractivity contribution >= 4 is 53.2 Å². The molecule has 0 saturated carbocycles. The average Bonchev–Trinajstić information content (AvgIpc) is 3.30. The van der Waals surface area contributed by atoms with E-state index in [1.54, 1.807) is 0 Å². The average molecular weight is 957 g/mol. The van der Waals surface area contributed by atoms with Crippen LogP contribution in [0.25, 0.3) is 12.2 Å². The van der Waals surface area contributed by atoms with E-state index in [9.17, 15) is 9.59 Å². The van der Waals surface area contributed by atoms with Crippen LogP contribution in [0.15, 0.2) is 48.5 Å². The van der Waals surface area contributed by atoms with Crippen LogP contribution in [0.5, 0.6) is 0 Å². The molecule has 0 spiro atoms. The number of unbranched alkanes of at least 4 members (excludes halogenated alkanes) is 18. The van der Waals surface area contributed by atoms with Crippen LogP contribution in [-0.4, -0.2) is 82.4 Å². The molecule has 0 bridgehead atoms. The van der Waals surface area contributed by atoms with Crippen molar-refractivity contribution in [3.63, 3.8) is 0 Å². The molecule has 0 aromatic heterocycles. The number of benzene rings is 2. The number of nitrogens with one attached hydrogen (secondary N) is 4. The summed E-state index contributed by atoms with van der Waals surface area (Å²) in [6, 6.07) is 17.1. The first-order valence-electron chi connectivity index (χ1n) is 26.1. The van der Waals surface area contributed by atoms with Crippen LogP contribution in [0.1, 0.15) is 181 Å². The molecule has 0 heterocycles. The molecule has 0 radical (unpaired) electrons. The number of hydrogen-bond acceptors (Lipinski definition) is 8. The van der Waals surface area contributed by atoms with Gasteiger partial charge in [-0.2, -0.15) is 0 Å². The topological polar surface area (TPSA) is 138 Å². The monoisotopic (exact) mass is 957 g/mol. The van der Waals surface area contributed by atoms with E-state index in [-0.39, 0.29) is 12.1 Å². The first kappa shape index (κ1) is 59.0. The standard InChI is InChI=1S/C52H92N4O8Si2/c1-7-59-65(60-8-2,61-9-3)45-31-27-23-19-15-13-17-21-25-29-43-53-51(57)55-49-39-35-47(36-40-49)33-34-48-37-41-50(42-38-48)56-52(58)54-44-30-26-22-18-14-16-20-24-28-32-46-66(62-10-4,63-11-5)64-12-6/h33-42H,7-32,43-46H2,1-6H3,(H2,53,55,57)(H2,54,56,58)/b34-33+. The van der Waals surface area contributed by atoms with E-state index in [2.05, 4.69) is 21.3 Å². The molecule has 0 saturated heterocycles. The minimum Gasteiger partial charge on any atom is -0.374 e. The highest BCUT2D eigenvalue weighted by atomic mass is 28.4. The maximum Gasteiger partial charge on any atom is 0.500 e. The molecule has 0 aliphatic carbocycles. The Morgan fingerprint density at radius 1 is 0.379 bits per heavy atom. The summed E-state index contributed by atoms with van der Waals surface area (Å²) >= 11 is 0. The van der Waals surface area contributed by atoms with Gasteiger partial charge in [0.1, 0.15) is 0 Å². The summed E-state index contributed by atoms with van der Waals surface area (Å²) in [5, 5.41) is 11.8. The van der Waals surface area contributed by atoms with E-state index < -0.39 is 17.6 Å². The molecule has 66 heavy (non-hydrogen) atoms. The summed E-state index contributed by atoms with van der Waals surface area (Å²) in [5.74, 6) is 0. The number of urea groups is 2. The van der Waals surface area contributed by atoms with Crippen molar-refractivity contribution in [2.24, 2.45) is 0 Å². The van der Waals surface area contributed by atoms with Gasteiger partial charge >= 0.3 is 29.7 Å². The third-order valence-electron chi connectivity index (χ3n) is 11.4. The van der Waals surface area contributed by atoms with Gasteiger partial charge < -0.3 is 47.8 Å². The predicted octanol–water partition coefficient (Wildman–Crippen LogP) is 14.0.